The number of H-pyrrole nitrogens is 1. The molecule has 0 unspecified atom stereocenters. The average Bonchev–Trinajstić information content (AvgIpc) is 3.21. The van der Waals surface area contributed by atoms with Crippen LogP contribution in [0.1, 0.15) is 21.7 Å². The Morgan fingerprint density at radius 2 is 1.62 bits per heavy atom. The molecule has 0 bridgehead atoms. The van der Waals surface area contributed by atoms with Gasteiger partial charge in [-0.15, -0.1) is 0 Å². The van der Waals surface area contributed by atoms with Crippen molar-refractivity contribution in [3.63, 3.8) is 0 Å². The molecule has 4 aromatic rings. The number of nitrogens with one attached hydrogen (secondary N) is 2. The van der Waals surface area contributed by atoms with Crippen molar-refractivity contribution in [3.8, 4) is 11.5 Å². The van der Waals surface area contributed by atoms with Gasteiger partial charge in [-0.1, -0.05) is 41.9 Å². The first-order valence-corrected chi connectivity index (χ1v) is 9.46. The van der Waals surface area contributed by atoms with E-state index in [1.54, 1.807) is 30.3 Å². The largest absolute Gasteiger partial charge is 0.457 e. The molecule has 0 saturated carbocycles. The van der Waals surface area contributed by atoms with Crippen LogP contribution in [0.25, 0.3) is 0 Å². The number of anilines is 1. The molecule has 0 aliphatic carbocycles. The molecule has 0 atom stereocenters. The van der Waals surface area contributed by atoms with Crippen LogP contribution in [0.3, 0.4) is 0 Å². The molecule has 5 nitrogen and oxygen atoms in total. The Bertz CT molecular complexity index is 1090. The van der Waals surface area contributed by atoms with Gasteiger partial charge >= 0.3 is 0 Å². The second-order valence-electron chi connectivity index (χ2n) is 6.48. The number of benzene rings is 3. The zero-order chi connectivity index (χ0) is 20.1. The molecule has 0 radical (unpaired) electrons. The summed E-state index contributed by atoms with van der Waals surface area (Å²) in [4.78, 5) is 12.5. The van der Waals surface area contributed by atoms with Crippen LogP contribution < -0.4 is 10.1 Å². The van der Waals surface area contributed by atoms with E-state index in [4.69, 9.17) is 16.3 Å². The summed E-state index contributed by atoms with van der Waals surface area (Å²) in [6.45, 7) is 0. The Morgan fingerprint density at radius 1 is 0.931 bits per heavy atom. The second kappa shape index (κ2) is 8.63. The van der Waals surface area contributed by atoms with Gasteiger partial charge in [-0.05, 0) is 60.2 Å². The monoisotopic (exact) mass is 403 g/mol. The van der Waals surface area contributed by atoms with E-state index in [9.17, 15) is 4.79 Å². The topological polar surface area (TPSA) is 67.0 Å². The van der Waals surface area contributed by atoms with E-state index in [1.165, 1.54) is 0 Å². The molecule has 29 heavy (non-hydrogen) atoms. The highest BCUT2D eigenvalue weighted by atomic mass is 35.5. The van der Waals surface area contributed by atoms with E-state index in [2.05, 4.69) is 15.5 Å². The lowest BCUT2D eigenvalue weighted by Gasteiger charge is -2.07. The number of amides is 1. The zero-order valence-corrected chi connectivity index (χ0v) is 16.2. The molecule has 0 saturated heterocycles. The number of hydrogen-bond donors (Lipinski definition) is 2. The first kappa shape index (κ1) is 18.8. The van der Waals surface area contributed by atoms with Crippen LogP contribution >= 0.6 is 11.6 Å². The molecule has 4 rings (SSSR count). The van der Waals surface area contributed by atoms with Crippen LogP contribution in [0.5, 0.6) is 11.5 Å². The fourth-order valence-electron chi connectivity index (χ4n) is 2.82. The van der Waals surface area contributed by atoms with Crippen LogP contribution in [0.2, 0.25) is 5.02 Å². The highest BCUT2D eigenvalue weighted by molar-refractivity contribution is 6.30. The Hall–Kier alpha value is -3.57. The molecular formula is C23H18ClN3O2. The van der Waals surface area contributed by atoms with E-state index in [-0.39, 0.29) is 5.91 Å². The van der Waals surface area contributed by atoms with Gasteiger partial charge in [0.2, 0.25) is 0 Å². The number of para-hydroxylation sites is 1. The predicted octanol–water partition coefficient (Wildman–Crippen LogP) is 5.70. The van der Waals surface area contributed by atoms with E-state index < -0.39 is 0 Å². The van der Waals surface area contributed by atoms with Crippen LogP contribution in [0.4, 0.5) is 5.69 Å². The standard InChI is InChI=1S/C23H18ClN3O2/c24-17-8-6-16(7-9-17)14-19-15-22(27-26-19)23(28)25-18-10-12-21(13-11-18)29-20-4-2-1-3-5-20/h1-13,15H,14H2,(H,25,28)(H,26,27). The van der Waals surface area contributed by atoms with Crippen molar-refractivity contribution in [2.75, 3.05) is 5.32 Å². The van der Waals surface area contributed by atoms with Gasteiger partial charge in [-0.2, -0.15) is 5.10 Å². The van der Waals surface area contributed by atoms with Gasteiger partial charge < -0.3 is 10.1 Å². The minimum Gasteiger partial charge on any atom is -0.457 e. The minimum atomic E-state index is -0.277. The van der Waals surface area contributed by atoms with E-state index >= 15 is 0 Å². The van der Waals surface area contributed by atoms with Gasteiger partial charge in [-0.25, -0.2) is 0 Å². The Morgan fingerprint density at radius 3 is 2.34 bits per heavy atom. The molecule has 1 heterocycles. The molecule has 0 aliphatic heterocycles. The van der Waals surface area contributed by atoms with Gasteiger partial charge in [0, 0.05) is 22.8 Å². The lowest BCUT2D eigenvalue weighted by Crippen LogP contribution is -2.12. The third-order valence-electron chi connectivity index (χ3n) is 4.26. The number of hydrogen-bond acceptors (Lipinski definition) is 3. The smallest absolute Gasteiger partial charge is 0.276 e. The van der Waals surface area contributed by atoms with Crippen LogP contribution in [0.15, 0.2) is 84.9 Å². The average molecular weight is 404 g/mol. The maximum absolute atomic E-state index is 12.5. The van der Waals surface area contributed by atoms with Crippen LogP contribution in [-0.4, -0.2) is 16.1 Å². The molecule has 1 aromatic heterocycles. The van der Waals surface area contributed by atoms with Gasteiger partial charge in [0.15, 0.2) is 5.69 Å². The highest BCUT2D eigenvalue weighted by Gasteiger charge is 2.11. The van der Waals surface area contributed by atoms with Crippen molar-refractivity contribution in [2.24, 2.45) is 0 Å². The lowest BCUT2D eigenvalue weighted by molar-refractivity contribution is 0.102. The molecule has 0 aliphatic rings. The molecule has 0 fully saturated rings. The number of carbonyl (C=O) groups excluding carboxylic acids is 1. The summed E-state index contributed by atoms with van der Waals surface area (Å²) in [7, 11) is 0. The maximum Gasteiger partial charge on any atom is 0.276 e. The number of ether oxygens (including phenoxy) is 1. The SMILES string of the molecule is O=C(Nc1ccc(Oc2ccccc2)cc1)c1cc(Cc2ccc(Cl)cc2)[nH]n1. The minimum absolute atomic E-state index is 0.277. The van der Waals surface area contributed by atoms with Crippen molar-refractivity contribution in [1.29, 1.82) is 0 Å². The number of nitrogens with zero attached hydrogens (tertiary/aromatic N) is 1. The predicted molar refractivity (Wildman–Crippen MR) is 114 cm³/mol. The van der Waals surface area contributed by atoms with Gasteiger partial charge in [0.05, 0.1) is 0 Å². The Labute approximate surface area is 173 Å². The fourth-order valence-corrected chi connectivity index (χ4v) is 2.94. The van der Waals surface area contributed by atoms with E-state index in [1.807, 2.05) is 54.6 Å². The summed E-state index contributed by atoms with van der Waals surface area (Å²) in [5, 5.41) is 10.6. The van der Waals surface area contributed by atoms with Crippen molar-refractivity contribution < 1.29 is 9.53 Å². The number of carbonyl (C=O) groups is 1. The lowest BCUT2D eigenvalue weighted by atomic mass is 10.1. The maximum atomic E-state index is 12.5. The quantitative estimate of drug-likeness (QED) is 0.434. The Balaban J connectivity index is 1.36. The van der Waals surface area contributed by atoms with Crippen molar-refractivity contribution in [1.82, 2.24) is 10.2 Å². The summed E-state index contributed by atoms with van der Waals surface area (Å²) in [5.41, 5.74) is 2.93. The normalized spacial score (nSPS) is 10.5. The molecule has 2 N–H and O–H groups in total. The number of rotatable bonds is 6. The van der Waals surface area contributed by atoms with Crippen molar-refractivity contribution >= 4 is 23.2 Å². The van der Waals surface area contributed by atoms with Gasteiger partial charge in [-0.3, -0.25) is 9.89 Å². The third-order valence-corrected chi connectivity index (χ3v) is 4.51. The molecule has 0 spiro atoms. The molecule has 144 valence electrons. The van der Waals surface area contributed by atoms with Crippen molar-refractivity contribution in [2.45, 2.75) is 6.42 Å². The first-order valence-electron chi connectivity index (χ1n) is 9.09. The summed E-state index contributed by atoms with van der Waals surface area (Å²) in [6.07, 6.45) is 0.642. The van der Waals surface area contributed by atoms with Gasteiger partial charge in [0.1, 0.15) is 11.5 Å². The van der Waals surface area contributed by atoms with Crippen LogP contribution in [-0.2, 0) is 6.42 Å². The molecular weight excluding hydrogens is 386 g/mol. The Kier molecular flexibility index (Phi) is 5.59. The second-order valence-corrected chi connectivity index (χ2v) is 6.91. The molecule has 3 aromatic carbocycles. The molecule has 1 amide bonds. The summed E-state index contributed by atoms with van der Waals surface area (Å²) in [5.74, 6) is 1.17. The number of aromatic nitrogens is 2. The number of halogens is 1. The molecule has 6 heteroatoms. The summed E-state index contributed by atoms with van der Waals surface area (Å²) < 4.78 is 5.75. The summed E-state index contributed by atoms with van der Waals surface area (Å²) >= 11 is 5.91. The van der Waals surface area contributed by atoms with E-state index in [0.717, 1.165) is 17.0 Å². The third kappa shape index (κ3) is 5.03. The van der Waals surface area contributed by atoms with Crippen LogP contribution in [0, 0.1) is 0 Å². The number of aromatic amines is 1. The highest BCUT2D eigenvalue weighted by Crippen LogP contribution is 2.23. The first-order chi connectivity index (χ1) is 14.2. The van der Waals surface area contributed by atoms with Gasteiger partial charge in [0.25, 0.3) is 5.91 Å². The van der Waals surface area contributed by atoms with E-state index in [0.29, 0.717) is 28.6 Å². The summed E-state index contributed by atoms with van der Waals surface area (Å²) in [6, 6.07) is 26.0. The van der Waals surface area contributed by atoms with Crippen molar-refractivity contribution in [3.05, 3.63) is 107 Å². The zero-order valence-electron chi connectivity index (χ0n) is 15.4. The fraction of sp³-hybridized carbons (Fsp3) is 0.0435.